The van der Waals surface area contributed by atoms with Crippen molar-refractivity contribution in [3.05, 3.63) is 63.8 Å². The Bertz CT molecular complexity index is 1030. The van der Waals surface area contributed by atoms with E-state index in [-0.39, 0.29) is 12.1 Å². The van der Waals surface area contributed by atoms with E-state index in [9.17, 15) is 4.79 Å². The van der Waals surface area contributed by atoms with Gasteiger partial charge in [-0.15, -0.1) is 11.3 Å². The van der Waals surface area contributed by atoms with E-state index in [0.29, 0.717) is 0 Å². The first-order chi connectivity index (χ1) is 13.3. The molecule has 1 aliphatic carbocycles. The van der Waals surface area contributed by atoms with Crippen LogP contribution in [0.15, 0.2) is 58.8 Å². The molecule has 136 valence electrons. The lowest BCUT2D eigenvalue weighted by atomic mass is 9.79. The molecule has 4 nitrogen and oxygen atoms in total. The smallest absolute Gasteiger partial charge is 0.320 e. The summed E-state index contributed by atoms with van der Waals surface area (Å²) in [5, 5.41) is 0.833. The summed E-state index contributed by atoms with van der Waals surface area (Å²) < 4.78 is 7.13. The van der Waals surface area contributed by atoms with Gasteiger partial charge >= 0.3 is 5.97 Å². The average molecular weight is 376 g/mol. The minimum absolute atomic E-state index is 0.166. The van der Waals surface area contributed by atoms with E-state index in [1.165, 1.54) is 23.3 Å². The van der Waals surface area contributed by atoms with Crippen LogP contribution in [0.2, 0.25) is 0 Å². The van der Waals surface area contributed by atoms with Crippen molar-refractivity contribution in [1.82, 2.24) is 9.88 Å². The summed E-state index contributed by atoms with van der Waals surface area (Å²) in [5.41, 5.74) is 6.23. The maximum atomic E-state index is 12.9. The van der Waals surface area contributed by atoms with Gasteiger partial charge in [0.25, 0.3) is 0 Å². The lowest BCUT2D eigenvalue weighted by Gasteiger charge is -2.44. The molecule has 6 rings (SSSR count). The average Bonchev–Trinajstić information content (AvgIpc) is 3.12. The van der Waals surface area contributed by atoms with Crippen molar-refractivity contribution in [3.8, 4) is 0 Å². The first-order valence-electron chi connectivity index (χ1n) is 9.74. The molecule has 1 aromatic carbocycles. The predicted octanol–water partition coefficient (Wildman–Crippen LogP) is 4.32. The molecule has 1 saturated heterocycles. The molecule has 2 atom stereocenters. The number of aromatic nitrogens is 1. The molecule has 0 bridgehead atoms. The van der Waals surface area contributed by atoms with Crippen LogP contribution < -0.4 is 0 Å². The molecule has 27 heavy (non-hydrogen) atoms. The number of carbonyl (C=O) groups excluding carboxylic acids is 1. The number of hydrogen-bond donors (Lipinski definition) is 0. The van der Waals surface area contributed by atoms with Crippen LogP contribution >= 0.6 is 11.3 Å². The van der Waals surface area contributed by atoms with Crippen molar-refractivity contribution in [1.29, 1.82) is 0 Å². The maximum absolute atomic E-state index is 12.9. The molecule has 5 heteroatoms. The lowest BCUT2D eigenvalue weighted by molar-refractivity contribution is -0.147. The Hall–Kier alpha value is -2.40. The summed E-state index contributed by atoms with van der Waals surface area (Å²) in [7, 11) is 0. The molecule has 3 aliphatic heterocycles. The fourth-order valence-electron chi connectivity index (χ4n) is 4.90. The second-order valence-electron chi connectivity index (χ2n) is 7.72. The Morgan fingerprint density at radius 2 is 2.00 bits per heavy atom. The third-order valence-electron chi connectivity index (χ3n) is 6.06. The highest BCUT2D eigenvalue weighted by Gasteiger charge is 2.41. The molecular weight excluding hydrogens is 356 g/mol. The molecule has 4 heterocycles. The van der Waals surface area contributed by atoms with Gasteiger partial charge in [0.1, 0.15) is 10.9 Å². The summed E-state index contributed by atoms with van der Waals surface area (Å²) in [4.78, 5) is 20.1. The normalized spacial score (nSPS) is 27.0. The van der Waals surface area contributed by atoms with Gasteiger partial charge in [0.15, 0.2) is 6.10 Å². The van der Waals surface area contributed by atoms with E-state index in [1.54, 1.807) is 11.3 Å². The van der Waals surface area contributed by atoms with Crippen LogP contribution in [-0.2, 0) is 9.53 Å². The number of fused-ring (bicyclic) bond motifs is 3. The van der Waals surface area contributed by atoms with E-state index >= 15 is 0 Å². The van der Waals surface area contributed by atoms with Crippen molar-refractivity contribution in [3.63, 3.8) is 0 Å². The molecule has 1 fully saturated rings. The van der Waals surface area contributed by atoms with Gasteiger partial charge in [0.2, 0.25) is 0 Å². The molecule has 1 aromatic heterocycles. The van der Waals surface area contributed by atoms with Crippen LogP contribution in [-0.4, -0.2) is 35.0 Å². The Morgan fingerprint density at radius 3 is 2.89 bits per heavy atom. The highest BCUT2D eigenvalue weighted by molar-refractivity contribution is 7.18. The Balaban J connectivity index is 1.44. The SMILES string of the molecule is O=C1OC2C(=CC1c1nc3ccccc3s1)C=C1CCCN3CCCC2=C13. The molecule has 0 radical (unpaired) electrons. The van der Waals surface area contributed by atoms with Gasteiger partial charge in [-0.05, 0) is 60.6 Å². The Labute approximate surface area is 161 Å². The monoisotopic (exact) mass is 376 g/mol. The minimum atomic E-state index is -0.393. The summed E-state index contributed by atoms with van der Waals surface area (Å²) >= 11 is 1.59. The van der Waals surface area contributed by atoms with Gasteiger partial charge in [0.05, 0.1) is 10.2 Å². The molecule has 0 amide bonds. The number of ether oxygens (including phenoxy) is 1. The fraction of sp³-hybridized carbons (Fsp3) is 0.364. The number of esters is 1. The van der Waals surface area contributed by atoms with E-state index in [4.69, 9.17) is 9.72 Å². The van der Waals surface area contributed by atoms with Gasteiger partial charge in [-0.25, -0.2) is 4.98 Å². The quantitative estimate of drug-likeness (QED) is 0.696. The van der Waals surface area contributed by atoms with Gasteiger partial charge < -0.3 is 9.64 Å². The zero-order valence-electron chi connectivity index (χ0n) is 15.0. The number of nitrogens with zero attached hydrogens (tertiary/aromatic N) is 2. The van der Waals surface area contributed by atoms with Crippen molar-refractivity contribution in [2.24, 2.45) is 0 Å². The Morgan fingerprint density at radius 1 is 1.15 bits per heavy atom. The van der Waals surface area contributed by atoms with Crippen molar-refractivity contribution in [2.45, 2.75) is 37.7 Å². The second-order valence-corrected chi connectivity index (χ2v) is 8.78. The molecule has 2 unspecified atom stereocenters. The highest BCUT2D eigenvalue weighted by atomic mass is 32.1. The largest absolute Gasteiger partial charge is 0.452 e. The number of para-hydroxylation sites is 1. The number of benzene rings is 1. The summed E-state index contributed by atoms with van der Waals surface area (Å²) in [6.45, 7) is 2.26. The predicted molar refractivity (Wildman–Crippen MR) is 105 cm³/mol. The van der Waals surface area contributed by atoms with Crippen molar-refractivity contribution in [2.75, 3.05) is 13.1 Å². The Kier molecular flexibility index (Phi) is 3.36. The molecular formula is C22H20N2O2S. The number of thiazole rings is 1. The topological polar surface area (TPSA) is 42.4 Å². The third-order valence-corrected chi connectivity index (χ3v) is 7.18. The molecule has 0 N–H and O–H groups in total. The van der Waals surface area contributed by atoms with Crippen LogP contribution in [0.5, 0.6) is 0 Å². The summed E-state index contributed by atoms with van der Waals surface area (Å²) in [5.74, 6) is -0.559. The van der Waals surface area contributed by atoms with Crippen LogP contribution in [0.3, 0.4) is 0 Å². The maximum Gasteiger partial charge on any atom is 0.320 e. The highest BCUT2D eigenvalue weighted by Crippen LogP contribution is 2.45. The number of rotatable bonds is 1. The van der Waals surface area contributed by atoms with E-state index < -0.39 is 5.92 Å². The standard InChI is InChI=1S/C22H20N2O2S/c25-22-16(21-23-17-7-1-2-8-18(17)27-21)12-14-11-13-5-3-9-24-10-4-6-15(19(13)24)20(14)26-22/h1-2,7-8,11-12,16,20H,3-6,9-10H2. The van der Waals surface area contributed by atoms with Crippen molar-refractivity contribution < 1.29 is 9.53 Å². The van der Waals surface area contributed by atoms with Crippen LogP contribution in [0.1, 0.15) is 36.6 Å². The van der Waals surface area contributed by atoms with Crippen LogP contribution in [0.4, 0.5) is 0 Å². The molecule has 0 spiro atoms. The molecule has 4 aliphatic rings. The summed E-state index contributed by atoms with van der Waals surface area (Å²) in [6, 6.07) is 8.04. The zero-order chi connectivity index (χ0) is 18.0. The van der Waals surface area contributed by atoms with Crippen LogP contribution in [0.25, 0.3) is 10.2 Å². The van der Waals surface area contributed by atoms with E-state index in [2.05, 4.69) is 23.1 Å². The first-order valence-corrected chi connectivity index (χ1v) is 10.6. The van der Waals surface area contributed by atoms with Gasteiger partial charge in [-0.1, -0.05) is 18.2 Å². The zero-order valence-corrected chi connectivity index (χ0v) is 15.8. The van der Waals surface area contributed by atoms with Gasteiger partial charge in [-0.3, -0.25) is 4.79 Å². The number of allylic oxidation sites excluding steroid dienone is 1. The first kappa shape index (κ1) is 15.6. The van der Waals surface area contributed by atoms with Gasteiger partial charge in [0, 0.05) is 18.8 Å². The minimum Gasteiger partial charge on any atom is -0.452 e. The van der Waals surface area contributed by atoms with Gasteiger partial charge in [-0.2, -0.15) is 0 Å². The van der Waals surface area contributed by atoms with E-state index in [1.807, 2.05) is 18.2 Å². The summed E-state index contributed by atoms with van der Waals surface area (Å²) in [6.07, 6.45) is 8.72. The number of hydrogen-bond acceptors (Lipinski definition) is 5. The number of carbonyl (C=O) groups is 1. The van der Waals surface area contributed by atoms with Crippen molar-refractivity contribution >= 4 is 27.5 Å². The van der Waals surface area contributed by atoms with Crippen LogP contribution in [0, 0.1) is 0 Å². The van der Waals surface area contributed by atoms with E-state index in [0.717, 1.165) is 53.1 Å². The third kappa shape index (κ3) is 2.34. The molecule has 0 saturated carbocycles. The molecule has 2 aromatic rings. The number of piperidine rings is 1. The second kappa shape index (κ2) is 5.80. The lowest BCUT2D eigenvalue weighted by Crippen LogP contribution is -2.41. The fourth-order valence-corrected chi connectivity index (χ4v) is 5.92.